The van der Waals surface area contributed by atoms with Gasteiger partial charge in [-0.25, -0.2) is 0 Å². The standard InChI is InChI=1S/C14H30N2/c1-4-5-10-15-11-12-16(3)14-8-6-13(2)7-9-14/h13-15H,4-12H2,1-3H3. The number of hydrogen-bond donors (Lipinski definition) is 1. The van der Waals surface area contributed by atoms with Gasteiger partial charge in [0.05, 0.1) is 0 Å². The summed E-state index contributed by atoms with van der Waals surface area (Å²) in [5.74, 6) is 0.965. The molecule has 1 N–H and O–H groups in total. The third-order valence-corrected chi connectivity index (χ3v) is 3.96. The first-order valence-corrected chi connectivity index (χ1v) is 7.15. The molecule has 16 heavy (non-hydrogen) atoms. The van der Waals surface area contributed by atoms with Gasteiger partial charge in [0.15, 0.2) is 0 Å². The summed E-state index contributed by atoms with van der Waals surface area (Å²) >= 11 is 0. The Bertz CT molecular complexity index is 162. The molecule has 1 rings (SSSR count). The molecule has 2 heteroatoms. The lowest BCUT2D eigenvalue weighted by molar-refractivity contribution is 0.171. The molecule has 0 bridgehead atoms. The highest BCUT2D eigenvalue weighted by Gasteiger charge is 2.20. The second kappa shape index (κ2) is 8.08. The minimum atomic E-state index is 0.851. The lowest BCUT2D eigenvalue weighted by Crippen LogP contribution is -2.39. The molecule has 0 spiro atoms. The van der Waals surface area contributed by atoms with Gasteiger partial charge in [0, 0.05) is 19.1 Å². The number of likely N-dealkylation sites (N-methyl/N-ethyl adjacent to an activating group) is 1. The molecule has 96 valence electrons. The third-order valence-electron chi connectivity index (χ3n) is 3.96. The van der Waals surface area contributed by atoms with E-state index < -0.39 is 0 Å². The van der Waals surface area contributed by atoms with Crippen molar-refractivity contribution < 1.29 is 0 Å². The first kappa shape index (κ1) is 14.0. The van der Waals surface area contributed by atoms with E-state index in [4.69, 9.17) is 0 Å². The zero-order valence-electron chi connectivity index (χ0n) is 11.5. The SMILES string of the molecule is CCCCNCCN(C)C1CCC(C)CC1. The first-order valence-electron chi connectivity index (χ1n) is 7.15. The molecule has 2 nitrogen and oxygen atoms in total. The summed E-state index contributed by atoms with van der Waals surface area (Å²) in [5.41, 5.74) is 0. The van der Waals surface area contributed by atoms with Gasteiger partial charge in [-0.3, -0.25) is 0 Å². The van der Waals surface area contributed by atoms with E-state index in [0.29, 0.717) is 0 Å². The molecule has 0 amide bonds. The van der Waals surface area contributed by atoms with Crippen LogP contribution < -0.4 is 5.32 Å². The van der Waals surface area contributed by atoms with Crippen LogP contribution in [0.2, 0.25) is 0 Å². The number of nitrogens with one attached hydrogen (secondary N) is 1. The Hall–Kier alpha value is -0.0800. The van der Waals surface area contributed by atoms with Crippen LogP contribution >= 0.6 is 0 Å². The monoisotopic (exact) mass is 226 g/mol. The molecule has 0 unspecified atom stereocenters. The molecule has 0 heterocycles. The normalized spacial score (nSPS) is 26.2. The minimum absolute atomic E-state index is 0.851. The minimum Gasteiger partial charge on any atom is -0.315 e. The number of nitrogens with zero attached hydrogens (tertiary/aromatic N) is 1. The first-order chi connectivity index (χ1) is 7.74. The average Bonchev–Trinajstić information content (AvgIpc) is 2.29. The fourth-order valence-corrected chi connectivity index (χ4v) is 2.55. The van der Waals surface area contributed by atoms with E-state index in [2.05, 4.69) is 31.1 Å². The van der Waals surface area contributed by atoms with Crippen molar-refractivity contribution in [3.8, 4) is 0 Å². The Morgan fingerprint density at radius 1 is 1.12 bits per heavy atom. The molecule has 0 atom stereocenters. The number of hydrogen-bond acceptors (Lipinski definition) is 2. The molecule has 0 radical (unpaired) electrons. The fourth-order valence-electron chi connectivity index (χ4n) is 2.55. The van der Waals surface area contributed by atoms with E-state index >= 15 is 0 Å². The number of rotatable bonds is 7. The van der Waals surface area contributed by atoms with Gasteiger partial charge in [0.2, 0.25) is 0 Å². The van der Waals surface area contributed by atoms with Gasteiger partial charge < -0.3 is 10.2 Å². The van der Waals surface area contributed by atoms with Crippen LogP contribution in [0.5, 0.6) is 0 Å². The van der Waals surface area contributed by atoms with Gasteiger partial charge in [-0.1, -0.05) is 20.3 Å². The maximum atomic E-state index is 3.52. The van der Waals surface area contributed by atoms with Crippen molar-refractivity contribution in [2.24, 2.45) is 5.92 Å². The van der Waals surface area contributed by atoms with Gasteiger partial charge in [-0.2, -0.15) is 0 Å². The van der Waals surface area contributed by atoms with Crippen molar-refractivity contribution in [1.29, 1.82) is 0 Å². The molecule has 1 fully saturated rings. The maximum Gasteiger partial charge on any atom is 0.0107 e. The Morgan fingerprint density at radius 2 is 1.81 bits per heavy atom. The zero-order valence-corrected chi connectivity index (χ0v) is 11.5. The molecule has 0 aliphatic heterocycles. The molecular weight excluding hydrogens is 196 g/mol. The average molecular weight is 226 g/mol. The highest BCUT2D eigenvalue weighted by molar-refractivity contribution is 4.76. The molecule has 1 saturated carbocycles. The lowest BCUT2D eigenvalue weighted by Gasteiger charge is -2.33. The summed E-state index contributed by atoms with van der Waals surface area (Å²) < 4.78 is 0. The van der Waals surface area contributed by atoms with Crippen molar-refractivity contribution in [3.05, 3.63) is 0 Å². The van der Waals surface area contributed by atoms with Gasteiger partial charge in [-0.05, 0) is 51.6 Å². The Balaban J connectivity index is 2.03. The Kier molecular flexibility index (Phi) is 7.06. The lowest BCUT2D eigenvalue weighted by atomic mass is 9.87. The van der Waals surface area contributed by atoms with E-state index in [9.17, 15) is 0 Å². The van der Waals surface area contributed by atoms with Crippen molar-refractivity contribution in [2.75, 3.05) is 26.7 Å². The van der Waals surface area contributed by atoms with Gasteiger partial charge in [0.1, 0.15) is 0 Å². The second-order valence-electron chi connectivity index (χ2n) is 5.50. The van der Waals surface area contributed by atoms with Crippen LogP contribution in [0.25, 0.3) is 0 Å². The molecule has 0 aromatic carbocycles. The van der Waals surface area contributed by atoms with Crippen LogP contribution in [0.4, 0.5) is 0 Å². The van der Waals surface area contributed by atoms with Gasteiger partial charge in [0.25, 0.3) is 0 Å². The van der Waals surface area contributed by atoms with Crippen LogP contribution in [0, 0.1) is 5.92 Å². The predicted octanol–water partition coefficient (Wildman–Crippen LogP) is 2.89. The third kappa shape index (κ3) is 5.31. The zero-order chi connectivity index (χ0) is 11.8. The topological polar surface area (TPSA) is 15.3 Å². The predicted molar refractivity (Wildman–Crippen MR) is 71.8 cm³/mol. The second-order valence-corrected chi connectivity index (χ2v) is 5.50. The van der Waals surface area contributed by atoms with Crippen molar-refractivity contribution in [3.63, 3.8) is 0 Å². The van der Waals surface area contributed by atoms with E-state index in [-0.39, 0.29) is 0 Å². The molecule has 0 saturated heterocycles. The highest BCUT2D eigenvalue weighted by Crippen LogP contribution is 2.26. The smallest absolute Gasteiger partial charge is 0.0107 e. The molecule has 1 aliphatic rings. The van der Waals surface area contributed by atoms with Gasteiger partial charge in [-0.15, -0.1) is 0 Å². The van der Waals surface area contributed by atoms with E-state index in [1.165, 1.54) is 51.6 Å². The van der Waals surface area contributed by atoms with Crippen LogP contribution in [0.3, 0.4) is 0 Å². The highest BCUT2D eigenvalue weighted by atomic mass is 15.1. The summed E-state index contributed by atoms with van der Waals surface area (Å²) in [7, 11) is 2.29. The summed E-state index contributed by atoms with van der Waals surface area (Å²) in [6, 6.07) is 0.851. The maximum absolute atomic E-state index is 3.52. The fraction of sp³-hybridized carbons (Fsp3) is 1.00. The molecular formula is C14H30N2. The van der Waals surface area contributed by atoms with Crippen LogP contribution in [0.15, 0.2) is 0 Å². The summed E-state index contributed by atoms with van der Waals surface area (Å²) in [5, 5.41) is 3.52. The van der Waals surface area contributed by atoms with Crippen LogP contribution in [-0.2, 0) is 0 Å². The van der Waals surface area contributed by atoms with Crippen molar-refractivity contribution >= 4 is 0 Å². The molecule has 0 aromatic rings. The summed E-state index contributed by atoms with van der Waals surface area (Å²) in [6.45, 7) is 8.19. The largest absolute Gasteiger partial charge is 0.315 e. The van der Waals surface area contributed by atoms with Crippen LogP contribution in [0.1, 0.15) is 52.4 Å². The van der Waals surface area contributed by atoms with Crippen molar-refractivity contribution in [1.82, 2.24) is 10.2 Å². The Labute approximate surface area is 102 Å². The summed E-state index contributed by atoms with van der Waals surface area (Å²) in [6.07, 6.45) is 8.28. The van der Waals surface area contributed by atoms with E-state index in [1.807, 2.05) is 0 Å². The van der Waals surface area contributed by atoms with Gasteiger partial charge >= 0.3 is 0 Å². The molecule has 0 aromatic heterocycles. The Morgan fingerprint density at radius 3 is 2.44 bits per heavy atom. The molecule has 1 aliphatic carbocycles. The van der Waals surface area contributed by atoms with E-state index in [1.54, 1.807) is 0 Å². The summed E-state index contributed by atoms with van der Waals surface area (Å²) in [4.78, 5) is 2.56. The number of unbranched alkanes of at least 4 members (excludes halogenated alkanes) is 1. The quantitative estimate of drug-likeness (QED) is 0.672. The van der Waals surface area contributed by atoms with E-state index in [0.717, 1.165) is 18.5 Å². The van der Waals surface area contributed by atoms with Crippen molar-refractivity contribution in [2.45, 2.75) is 58.4 Å². The van der Waals surface area contributed by atoms with Crippen LogP contribution in [-0.4, -0.2) is 37.6 Å².